The van der Waals surface area contributed by atoms with Gasteiger partial charge in [-0.2, -0.15) is 4.31 Å². The van der Waals surface area contributed by atoms with E-state index in [1.54, 1.807) is 24.3 Å². The summed E-state index contributed by atoms with van der Waals surface area (Å²) < 4.78 is 37.8. The number of carbonyl (C=O) groups excluding carboxylic acids is 1. The minimum absolute atomic E-state index is 0.0284. The van der Waals surface area contributed by atoms with E-state index in [4.69, 9.17) is 9.47 Å². The number of hydrogen-bond donors (Lipinski definition) is 1. The van der Waals surface area contributed by atoms with Crippen molar-refractivity contribution in [2.75, 3.05) is 39.5 Å². The van der Waals surface area contributed by atoms with Crippen LogP contribution < -0.4 is 10.1 Å². The molecule has 0 spiro atoms. The highest BCUT2D eigenvalue weighted by Crippen LogP contribution is 2.27. The standard InChI is InChI=1S/C27H30N2O5S/c30-27(21-26(22-7-3-1-4-8-22)23-9-5-2-6-10-23)28-15-18-34-24-11-13-25(14-12-24)35(31,32)29-16-19-33-20-17-29/h1-14,26H,15-21H2,(H,28,30). The monoisotopic (exact) mass is 494 g/mol. The molecule has 184 valence electrons. The Kier molecular flexibility index (Phi) is 8.52. The quantitative estimate of drug-likeness (QED) is 0.437. The average molecular weight is 495 g/mol. The first-order valence-electron chi connectivity index (χ1n) is 11.7. The predicted octanol–water partition coefficient (Wildman–Crippen LogP) is 3.42. The molecule has 3 aromatic carbocycles. The van der Waals surface area contributed by atoms with Crippen LogP contribution in [0.5, 0.6) is 5.75 Å². The summed E-state index contributed by atoms with van der Waals surface area (Å²) in [6.07, 6.45) is 0.335. The van der Waals surface area contributed by atoms with Gasteiger partial charge in [0.05, 0.1) is 24.7 Å². The summed E-state index contributed by atoms with van der Waals surface area (Å²) >= 11 is 0. The fourth-order valence-electron chi connectivity index (χ4n) is 4.06. The Morgan fingerprint density at radius 2 is 1.46 bits per heavy atom. The molecule has 0 atom stereocenters. The number of nitrogens with one attached hydrogen (secondary N) is 1. The van der Waals surface area contributed by atoms with Gasteiger partial charge in [0, 0.05) is 25.4 Å². The van der Waals surface area contributed by atoms with Gasteiger partial charge in [0.15, 0.2) is 0 Å². The van der Waals surface area contributed by atoms with E-state index in [1.165, 1.54) is 4.31 Å². The van der Waals surface area contributed by atoms with Gasteiger partial charge in [-0.25, -0.2) is 8.42 Å². The van der Waals surface area contributed by atoms with Gasteiger partial charge in [-0.3, -0.25) is 4.79 Å². The van der Waals surface area contributed by atoms with Gasteiger partial charge >= 0.3 is 0 Å². The largest absolute Gasteiger partial charge is 0.492 e. The maximum Gasteiger partial charge on any atom is 0.243 e. The van der Waals surface area contributed by atoms with Crippen LogP contribution in [0, 0.1) is 0 Å². The van der Waals surface area contributed by atoms with Crippen LogP contribution >= 0.6 is 0 Å². The van der Waals surface area contributed by atoms with Crippen molar-refractivity contribution in [3.63, 3.8) is 0 Å². The van der Waals surface area contributed by atoms with Crippen molar-refractivity contribution in [2.45, 2.75) is 17.2 Å². The molecule has 1 heterocycles. The summed E-state index contributed by atoms with van der Waals surface area (Å²) in [6, 6.07) is 26.4. The smallest absolute Gasteiger partial charge is 0.243 e. The van der Waals surface area contributed by atoms with E-state index < -0.39 is 10.0 Å². The van der Waals surface area contributed by atoms with Crippen LogP contribution in [0.25, 0.3) is 0 Å². The lowest BCUT2D eigenvalue weighted by molar-refractivity contribution is -0.121. The number of carbonyl (C=O) groups is 1. The molecule has 7 nitrogen and oxygen atoms in total. The number of sulfonamides is 1. The van der Waals surface area contributed by atoms with Crippen LogP contribution in [-0.2, 0) is 19.6 Å². The molecule has 1 aliphatic heterocycles. The number of benzene rings is 3. The van der Waals surface area contributed by atoms with Gasteiger partial charge in [-0.05, 0) is 35.4 Å². The third-order valence-electron chi connectivity index (χ3n) is 5.92. The minimum atomic E-state index is -3.53. The topological polar surface area (TPSA) is 84.9 Å². The number of morpholine rings is 1. The molecule has 0 aromatic heterocycles. The number of nitrogens with zero attached hydrogens (tertiary/aromatic N) is 1. The van der Waals surface area contributed by atoms with Crippen LogP contribution in [0.3, 0.4) is 0 Å². The van der Waals surface area contributed by atoms with Crippen LogP contribution in [0.15, 0.2) is 89.8 Å². The molecule has 1 fully saturated rings. The Hall–Kier alpha value is -3.20. The van der Waals surface area contributed by atoms with Crippen LogP contribution in [0.1, 0.15) is 23.5 Å². The van der Waals surface area contributed by atoms with Gasteiger partial charge < -0.3 is 14.8 Å². The first kappa shape index (κ1) is 24.9. The first-order chi connectivity index (χ1) is 17.0. The lowest BCUT2D eigenvalue weighted by Crippen LogP contribution is -2.40. The normalized spacial score (nSPS) is 14.5. The van der Waals surface area contributed by atoms with Crippen LogP contribution in [0.4, 0.5) is 0 Å². The van der Waals surface area contributed by atoms with Gasteiger partial charge in [0.2, 0.25) is 15.9 Å². The Morgan fingerprint density at radius 1 is 0.886 bits per heavy atom. The molecule has 4 rings (SSSR count). The summed E-state index contributed by atoms with van der Waals surface area (Å²) in [4.78, 5) is 12.9. The summed E-state index contributed by atoms with van der Waals surface area (Å²) in [5.41, 5.74) is 2.19. The van der Waals surface area contributed by atoms with Crippen molar-refractivity contribution in [2.24, 2.45) is 0 Å². The average Bonchev–Trinajstić information content (AvgIpc) is 2.91. The zero-order chi connectivity index (χ0) is 24.5. The van der Waals surface area contributed by atoms with E-state index >= 15 is 0 Å². The van der Waals surface area contributed by atoms with Gasteiger partial charge in [-0.15, -0.1) is 0 Å². The zero-order valence-corrected chi connectivity index (χ0v) is 20.3. The third kappa shape index (κ3) is 6.69. The van der Waals surface area contributed by atoms with E-state index in [9.17, 15) is 13.2 Å². The molecule has 0 radical (unpaired) electrons. The van der Waals surface area contributed by atoms with E-state index in [1.807, 2.05) is 60.7 Å². The molecule has 1 amide bonds. The predicted molar refractivity (Wildman–Crippen MR) is 134 cm³/mol. The molecule has 35 heavy (non-hydrogen) atoms. The van der Waals surface area contributed by atoms with Gasteiger partial charge in [-0.1, -0.05) is 60.7 Å². The van der Waals surface area contributed by atoms with Crippen LogP contribution in [-0.4, -0.2) is 58.1 Å². The highest BCUT2D eigenvalue weighted by atomic mass is 32.2. The molecule has 8 heteroatoms. The molecule has 1 saturated heterocycles. The molecule has 0 bridgehead atoms. The first-order valence-corrected chi connectivity index (χ1v) is 13.2. The van der Waals surface area contributed by atoms with Gasteiger partial charge in [0.25, 0.3) is 0 Å². The SMILES string of the molecule is O=C(CC(c1ccccc1)c1ccccc1)NCCOc1ccc(S(=O)(=O)N2CCOCC2)cc1. The lowest BCUT2D eigenvalue weighted by atomic mass is 9.88. The lowest BCUT2D eigenvalue weighted by Gasteiger charge is -2.26. The van der Waals surface area contributed by atoms with Crippen molar-refractivity contribution >= 4 is 15.9 Å². The molecular formula is C27H30N2O5S. The summed E-state index contributed by atoms with van der Waals surface area (Å²) in [5, 5.41) is 2.92. The highest BCUT2D eigenvalue weighted by Gasteiger charge is 2.26. The number of ether oxygens (including phenoxy) is 2. The zero-order valence-electron chi connectivity index (χ0n) is 19.5. The molecule has 0 unspecified atom stereocenters. The Balaban J connectivity index is 1.27. The van der Waals surface area contributed by atoms with Crippen molar-refractivity contribution in [3.8, 4) is 5.75 Å². The van der Waals surface area contributed by atoms with Gasteiger partial charge in [0.1, 0.15) is 12.4 Å². The number of amides is 1. The second kappa shape index (κ2) is 12.0. The summed E-state index contributed by atoms with van der Waals surface area (Å²) in [5.74, 6) is 0.462. The number of rotatable bonds is 10. The Bertz CT molecular complexity index is 1140. The summed E-state index contributed by atoms with van der Waals surface area (Å²) in [6.45, 7) is 2.16. The molecular weight excluding hydrogens is 464 g/mol. The fraction of sp³-hybridized carbons (Fsp3) is 0.296. The van der Waals surface area contributed by atoms with Crippen molar-refractivity contribution in [1.29, 1.82) is 0 Å². The third-order valence-corrected chi connectivity index (χ3v) is 7.83. The Labute approximate surface area is 206 Å². The van der Waals surface area contributed by atoms with Crippen molar-refractivity contribution in [1.82, 2.24) is 9.62 Å². The maximum atomic E-state index is 12.7. The van der Waals surface area contributed by atoms with Crippen molar-refractivity contribution in [3.05, 3.63) is 96.1 Å². The van der Waals surface area contributed by atoms with Crippen LogP contribution in [0.2, 0.25) is 0 Å². The van der Waals surface area contributed by atoms with E-state index in [0.29, 0.717) is 45.0 Å². The molecule has 0 saturated carbocycles. The minimum Gasteiger partial charge on any atom is -0.492 e. The Morgan fingerprint density at radius 3 is 2.03 bits per heavy atom. The molecule has 0 aliphatic carbocycles. The van der Waals surface area contributed by atoms with E-state index in [2.05, 4.69) is 5.32 Å². The van der Waals surface area contributed by atoms with Crippen molar-refractivity contribution < 1.29 is 22.7 Å². The second-order valence-corrected chi connectivity index (χ2v) is 10.2. The van der Waals surface area contributed by atoms with E-state index in [-0.39, 0.29) is 23.3 Å². The fourth-order valence-corrected chi connectivity index (χ4v) is 5.47. The number of hydrogen-bond acceptors (Lipinski definition) is 5. The molecule has 1 N–H and O–H groups in total. The maximum absolute atomic E-state index is 12.7. The summed E-state index contributed by atoms with van der Waals surface area (Å²) in [7, 11) is -3.53. The second-order valence-electron chi connectivity index (χ2n) is 8.26. The van der Waals surface area contributed by atoms with E-state index in [0.717, 1.165) is 11.1 Å². The molecule has 3 aromatic rings. The molecule has 1 aliphatic rings. The highest BCUT2D eigenvalue weighted by molar-refractivity contribution is 7.89.